The summed E-state index contributed by atoms with van der Waals surface area (Å²) in [6.45, 7) is 5.45. The molecular weight excluding hydrogens is 424 g/mol. The minimum atomic E-state index is -0.0831. The zero-order valence-electron chi connectivity index (χ0n) is 18.5. The van der Waals surface area contributed by atoms with E-state index in [1.165, 1.54) is 11.8 Å². The SMILES string of the molecule is COCCn1c(SCC(=O)N(CCC#N)c2ccc(C)c(C)c2)nnc1-c1ccncc1. The number of hydrogen-bond donors (Lipinski definition) is 0. The van der Waals surface area contributed by atoms with Crippen LogP contribution in [0.3, 0.4) is 0 Å². The summed E-state index contributed by atoms with van der Waals surface area (Å²) < 4.78 is 7.19. The second-order valence-corrected chi connectivity index (χ2v) is 8.14. The van der Waals surface area contributed by atoms with Gasteiger partial charge in [-0.1, -0.05) is 17.8 Å². The number of anilines is 1. The first-order valence-electron chi connectivity index (χ1n) is 10.2. The topological polar surface area (TPSA) is 96.9 Å². The van der Waals surface area contributed by atoms with Crippen LogP contribution in [0.5, 0.6) is 0 Å². The number of benzene rings is 1. The molecule has 2 heterocycles. The number of carbonyl (C=O) groups excluding carboxylic acids is 1. The Morgan fingerprint density at radius 3 is 2.66 bits per heavy atom. The molecule has 1 aromatic carbocycles. The number of pyridine rings is 1. The van der Waals surface area contributed by atoms with Crippen molar-refractivity contribution >= 4 is 23.4 Å². The summed E-state index contributed by atoms with van der Waals surface area (Å²) in [6.07, 6.45) is 3.68. The fourth-order valence-corrected chi connectivity index (χ4v) is 3.99. The van der Waals surface area contributed by atoms with Crippen LogP contribution >= 0.6 is 11.8 Å². The van der Waals surface area contributed by atoms with E-state index in [-0.39, 0.29) is 18.1 Å². The van der Waals surface area contributed by atoms with Crippen LogP contribution in [-0.4, -0.2) is 51.7 Å². The number of carbonyl (C=O) groups is 1. The number of aromatic nitrogens is 4. The molecule has 9 heteroatoms. The first kappa shape index (κ1) is 23.4. The maximum absolute atomic E-state index is 13.1. The Morgan fingerprint density at radius 2 is 1.97 bits per heavy atom. The molecule has 0 bridgehead atoms. The number of ether oxygens (including phenoxy) is 1. The van der Waals surface area contributed by atoms with Crippen molar-refractivity contribution in [1.82, 2.24) is 19.7 Å². The van der Waals surface area contributed by atoms with Gasteiger partial charge in [0.15, 0.2) is 11.0 Å². The van der Waals surface area contributed by atoms with Crippen molar-refractivity contribution in [2.24, 2.45) is 0 Å². The smallest absolute Gasteiger partial charge is 0.237 e. The molecule has 0 saturated carbocycles. The Balaban J connectivity index is 1.80. The summed E-state index contributed by atoms with van der Waals surface area (Å²) in [5, 5.41) is 18.3. The number of thioether (sulfide) groups is 1. The molecule has 166 valence electrons. The molecule has 2 aromatic heterocycles. The maximum atomic E-state index is 13.1. The monoisotopic (exact) mass is 450 g/mol. The lowest BCUT2D eigenvalue weighted by atomic mass is 10.1. The molecule has 1 amide bonds. The standard InChI is InChI=1S/C23H26N6O2S/c1-17-5-6-20(15-18(17)2)28(12-4-9-24)21(30)16-32-23-27-26-22(29(23)13-14-31-3)19-7-10-25-11-8-19/h5-8,10-11,15H,4,12-14,16H2,1-3H3. The molecule has 32 heavy (non-hydrogen) atoms. The van der Waals surface area contributed by atoms with Gasteiger partial charge in [0.25, 0.3) is 0 Å². The fourth-order valence-electron chi connectivity index (χ4n) is 3.15. The third-order valence-corrected chi connectivity index (χ3v) is 6.00. The van der Waals surface area contributed by atoms with Gasteiger partial charge in [-0.15, -0.1) is 10.2 Å². The fraction of sp³-hybridized carbons (Fsp3) is 0.348. The van der Waals surface area contributed by atoms with E-state index in [2.05, 4.69) is 21.3 Å². The zero-order valence-corrected chi connectivity index (χ0v) is 19.3. The average Bonchev–Trinajstić information content (AvgIpc) is 3.22. The molecule has 0 radical (unpaired) electrons. The minimum Gasteiger partial charge on any atom is -0.383 e. The van der Waals surface area contributed by atoms with Crippen molar-refractivity contribution < 1.29 is 9.53 Å². The van der Waals surface area contributed by atoms with Gasteiger partial charge in [0, 0.05) is 37.3 Å². The third kappa shape index (κ3) is 5.72. The van der Waals surface area contributed by atoms with Crippen molar-refractivity contribution in [3.63, 3.8) is 0 Å². The van der Waals surface area contributed by atoms with E-state index in [0.717, 1.165) is 22.4 Å². The highest BCUT2D eigenvalue weighted by atomic mass is 32.2. The molecular formula is C23H26N6O2S. The van der Waals surface area contributed by atoms with E-state index < -0.39 is 0 Å². The van der Waals surface area contributed by atoms with E-state index in [4.69, 9.17) is 10.00 Å². The van der Waals surface area contributed by atoms with E-state index in [0.29, 0.717) is 30.7 Å². The maximum Gasteiger partial charge on any atom is 0.237 e. The van der Waals surface area contributed by atoms with Gasteiger partial charge in [0.2, 0.25) is 5.91 Å². The Hall–Kier alpha value is -3.22. The summed E-state index contributed by atoms with van der Waals surface area (Å²) in [7, 11) is 1.64. The number of nitrogens with zero attached hydrogens (tertiary/aromatic N) is 6. The van der Waals surface area contributed by atoms with Gasteiger partial charge in [0.05, 0.1) is 31.4 Å². The van der Waals surface area contributed by atoms with E-state index in [1.807, 2.05) is 48.7 Å². The average molecular weight is 451 g/mol. The summed E-state index contributed by atoms with van der Waals surface area (Å²) >= 11 is 1.33. The highest BCUT2D eigenvalue weighted by molar-refractivity contribution is 7.99. The second-order valence-electron chi connectivity index (χ2n) is 7.20. The van der Waals surface area contributed by atoms with Gasteiger partial charge in [0.1, 0.15) is 0 Å². The molecule has 0 atom stereocenters. The molecule has 8 nitrogen and oxygen atoms in total. The molecule has 0 aliphatic heterocycles. The van der Waals surface area contributed by atoms with Crippen molar-refractivity contribution in [3.8, 4) is 17.5 Å². The van der Waals surface area contributed by atoms with Crippen LogP contribution in [0.4, 0.5) is 5.69 Å². The largest absolute Gasteiger partial charge is 0.383 e. The molecule has 0 saturated heterocycles. The van der Waals surface area contributed by atoms with Gasteiger partial charge in [-0.2, -0.15) is 5.26 Å². The van der Waals surface area contributed by atoms with Gasteiger partial charge in [-0.25, -0.2) is 0 Å². The quantitative estimate of drug-likeness (QED) is 0.435. The summed E-state index contributed by atoms with van der Waals surface area (Å²) in [5.74, 6) is 0.801. The van der Waals surface area contributed by atoms with Crippen molar-refractivity contribution in [2.75, 3.05) is 30.9 Å². The van der Waals surface area contributed by atoms with Gasteiger partial charge < -0.3 is 9.64 Å². The lowest BCUT2D eigenvalue weighted by Crippen LogP contribution is -2.33. The van der Waals surface area contributed by atoms with E-state index in [9.17, 15) is 4.79 Å². The van der Waals surface area contributed by atoms with Gasteiger partial charge in [-0.3, -0.25) is 14.3 Å². The Morgan fingerprint density at radius 1 is 1.19 bits per heavy atom. The van der Waals surface area contributed by atoms with Crippen LogP contribution < -0.4 is 4.90 Å². The van der Waals surface area contributed by atoms with Crippen LogP contribution in [0, 0.1) is 25.2 Å². The van der Waals surface area contributed by atoms with Crippen LogP contribution in [0.15, 0.2) is 47.9 Å². The van der Waals surface area contributed by atoms with E-state index in [1.54, 1.807) is 24.4 Å². The predicted molar refractivity (Wildman–Crippen MR) is 124 cm³/mol. The van der Waals surface area contributed by atoms with Crippen LogP contribution in [0.25, 0.3) is 11.4 Å². The van der Waals surface area contributed by atoms with Gasteiger partial charge in [-0.05, 0) is 49.2 Å². The summed E-state index contributed by atoms with van der Waals surface area (Å²) in [6, 6.07) is 11.8. The van der Waals surface area contributed by atoms with Crippen molar-refractivity contribution in [1.29, 1.82) is 5.26 Å². The minimum absolute atomic E-state index is 0.0831. The molecule has 0 spiro atoms. The molecule has 0 N–H and O–H groups in total. The Bertz CT molecular complexity index is 1090. The molecule has 0 unspecified atom stereocenters. The second kappa shape index (κ2) is 11.4. The third-order valence-electron chi connectivity index (χ3n) is 5.05. The number of nitriles is 1. The molecule has 0 aliphatic carbocycles. The molecule has 3 rings (SSSR count). The number of rotatable bonds is 10. The lowest BCUT2D eigenvalue weighted by Gasteiger charge is -2.22. The van der Waals surface area contributed by atoms with E-state index >= 15 is 0 Å². The van der Waals surface area contributed by atoms with Crippen LogP contribution in [-0.2, 0) is 16.1 Å². The van der Waals surface area contributed by atoms with Crippen LogP contribution in [0.1, 0.15) is 17.5 Å². The van der Waals surface area contributed by atoms with Gasteiger partial charge >= 0.3 is 0 Å². The Labute approximate surface area is 192 Å². The Kier molecular flexibility index (Phi) is 8.36. The number of aryl methyl sites for hydroxylation is 2. The first-order valence-corrected chi connectivity index (χ1v) is 11.2. The molecule has 0 aliphatic rings. The number of hydrogen-bond acceptors (Lipinski definition) is 7. The zero-order chi connectivity index (χ0) is 22.9. The predicted octanol–water partition coefficient (Wildman–Crippen LogP) is 3.64. The number of methoxy groups -OCH3 is 1. The summed E-state index contributed by atoms with van der Waals surface area (Å²) in [5.41, 5.74) is 3.96. The summed E-state index contributed by atoms with van der Waals surface area (Å²) in [4.78, 5) is 18.8. The highest BCUT2D eigenvalue weighted by Gasteiger charge is 2.20. The molecule has 3 aromatic rings. The number of amides is 1. The van der Waals surface area contributed by atoms with Crippen LogP contribution in [0.2, 0.25) is 0 Å². The van der Waals surface area contributed by atoms with Crippen molar-refractivity contribution in [3.05, 3.63) is 53.9 Å². The molecule has 0 fully saturated rings. The highest BCUT2D eigenvalue weighted by Crippen LogP contribution is 2.25. The normalized spacial score (nSPS) is 10.7. The lowest BCUT2D eigenvalue weighted by molar-refractivity contribution is -0.116. The van der Waals surface area contributed by atoms with Crippen molar-refractivity contribution in [2.45, 2.75) is 32.0 Å². The first-order chi connectivity index (χ1) is 15.5.